The highest BCUT2D eigenvalue weighted by molar-refractivity contribution is 7.99. The Morgan fingerprint density at radius 3 is 2.71 bits per heavy atom. The molecule has 1 aromatic heterocycles. The van der Waals surface area contributed by atoms with E-state index < -0.39 is 0 Å². The predicted molar refractivity (Wildman–Crippen MR) is 67.1 cm³/mol. The van der Waals surface area contributed by atoms with Gasteiger partial charge in [0.1, 0.15) is 0 Å². The van der Waals surface area contributed by atoms with Crippen molar-refractivity contribution >= 4 is 11.8 Å². The van der Waals surface area contributed by atoms with Gasteiger partial charge in [0.2, 0.25) is 5.89 Å². The van der Waals surface area contributed by atoms with E-state index in [0.717, 1.165) is 11.3 Å². The minimum atomic E-state index is 0.581. The van der Waals surface area contributed by atoms with Crippen LogP contribution < -0.4 is 5.73 Å². The van der Waals surface area contributed by atoms with Crippen molar-refractivity contribution < 1.29 is 4.42 Å². The number of benzene rings is 1. The molecule has 0 unspecified atom stereocenters. The summed E-state index contributed by atoms with van der Waals surface area (Å²) < 4.78 is 5.34. The molecule has 17 heavy (non-hydrogen) atoms. The molecule has 0 spiro atoms. The van der Waals surface area contributed by atoms with Crippen LogP contribution in [-0.4, -0.2) is 16.7 Å². The van der Waals surface area contributed by atoms with Gasteiger partial charge in [0.15, 0.2) is 0 Å². The van der Waals surface area contributed by atoms with E-state index in [9.17, 15) is 0 Å². The maximum atomic E-state index is 5.54. The number of aromatic nitrogens is 2. The second-order valence-electron chi connectivity index (χ2n) is 3.83. The third kappa shape index (κ3) is 3.08. The zero-order valence-electron chi connectivity index (χ0n) is 9.93. The third-order valence-electron chi connectivity index (χ3n) is 2.38. The molecule has 1 aromatic carbocycles. The molecule has 2 aromatic rings. The molecule has 2 rings (SSSR count). The Balaban J connectivity index is 2.16. The molecule has 0 aliphatic rings. The normalized spacial score (nSPS) is 10.8. The molecule has 0 radical (unpaired) electrons. The van der Waals surface area contributed by atoms with Crippen molar-refractivity contribution in [2.45, 2.75) is 30.4 Å². The summed E-state index contributed by atoms with van der Waals surface area (Å²) in [5, 5.41) is 8.35. The minimum Gasteiger partial charge on any atom is -0.416 e. The van der Waals surface area contributed by atoms with E-state index in [0.29, 0.717) is 17.7 Å². The first-order valence-corrected chi connectivity index (χ1v) is 6.28. The summed E-state index contributed by atoms with van der Waals surface area (Å²) in [4.78, 5) is 1.13. The van der Waals surface area contributed by atoms with E-state index in [1.54, 1.807) is 6.92 Å². The van der Waals surface area contributed by atoms with Gasteiger partial charge in [-0.05, 0) is 48.8 Å². The van der Waals surface area contributed by atoms with Crippen LogP contribution in [0, 0.1) is 13.8 Å². The van der Waals surface area contributed by atoms with Crippen molar-refractivity contribution in [3.8, 4) is 0 Å². The van der Waals surface area contributed by atoms with Gasteiger partial charge >= 0.3 is 0 Å². The Morgan fingerprint density at radius 1 is 1.29 bits per heavy atom. The summed E-state index contributed by atoms with van der Waals surface area (Å²) in [5.41, 5.74) is 8.00. The van der Waals surface area contributed by atoms with Crippen LogP contribution >= 0.6 is 11.8 Å². The van der Waals surface area contributed by atoms with Gasteiger partial charge in [0, 0.05) is 11.8 Å². The zero-order valence-corrected chi connectivity index (χ0v) is 10.8. The van der Waals surface area contributed by atoms with Gasteiger partial charge in [-0.1, -0.05) is 12.1 Å². The molecule has 2 N–H and O–H groups in total. The molecule has 0 aliphatic carbocycles. The Bertz CT molecular complexity index is 510. The van der Waals surface area contributed by atoms with Crippen LogP contribution in [0.2, 0.25) is 0 Å². The van der Waals surface area contributed by atoms with Crippen LogP contribution in [0.25, 0.3) is 0 Å². The summed E-state index contributed by atoms with van der Waals surface area (Å²) in [5.74, 6) is 0.588. The average Bonchev–Trinajstić information content (AvgIpc) is 2.69. The lowest BCUT2D eigenvalue weighted by molar-refractivity contribution is 0.429. The zero-order chi connectivity index (χ0) is 12.3. The highest BCUT2D eigenvalue weighted by Crippen LogP contribution is 2.29. The lowest BCUT2D eigenvalue weighted by atomic mass is 10.1. The van der Waals surface area contributed by atoms with Crippen LogP contribution in [-0.2, 0) is 6.42 Å². The van der Waals surface area contributed by atoms with Crippen molar-refractivity contribution in [2.75, 3.05) is 6.54 Å². The number of nitrogens with two attached hydrogens (primary N) is 1. The molecule has 4 nitrogen and oxygen atoms in total. The fourth-order valence-electron chi connectivity index (χ4n) is 1.56. The van der Waals surface area contributed by atoms with Crippen molar-refractivity contribution in [1.29, 1.82) is 0 Å². The first-order chi connectivity index (χ1) is 8.19. The predicted octanol–water partition coefficient (Wildman–Crippen LogP) is 2.34. The Morgan fingerprint density at radius 2 is 2.12 bits per heavy atom. The van der Waals surface area contributed by atoms with Crippen molar-refractivity contribution in [2.24, 2.45) is 5.73 Å². The lowest BCUT2D eigenvalue weighted by Crippen LogP contribution is -2.02. The number of aryl methyl sites for hydroxylation is 2. The van der Waals surface area contributed by atoms with Gasteiger partial charge < -0.3 is 10.2 Å². The van der Waals surface area contributed by atoms with E-state index in [1.807, 2.05) is 0 Å². The molecule has 0 atom stereocenters. The monoisotopic (exact) mass is 249 g/mol. The van der Waals surface area contributed by atoms with E-state index >= 15 is 0 Å². The summed E-state index contributed by atoms with van der Waals surface area (Å²) in [7, 11) is 0. The molecule has 90 valence electrons. The molecular formula is C12H15N3OS. The maximum Gasteiger partial charge on any atom is 0.281 e. The molecule has 0 amide bonds. The highest BCUT2D eigenvalue weighted by Gasteiger charge is 2.07. The molecule has 0 saturated heterocycles. The number of rotatable bonds is 4. The van der Waals surface area contributed by atoms with Crippen LogP contribution in [0.3, 0.4) is 0 Å². The molecule has 1 heterocycles. The van der Waals surface area contributed by atoms with E-state index in [1.165, 1.54) is 22.9 Å². The fraction of sp³-hybridized carbons (Fsp3) is 0.333. The van der Waals surface area contributed by atoms with Gasteiger partial charge in [-0.2, -0.15) is 0 Å². The first-order valence-electron chi connectivity index (χ1n) is 5.46. The molecular weight excluding hydrogens is 234 g/mol. The molecule has 0 fully saturated rings. The van der Waals surface area contributed by atoms with Crippen LogP contribution in [0.4, 0.5) is 0 Å². The smallest absolute Gasteiger partial charge is 0.281 e. The van der Waals surface area contributed by atoms with Crippen molar-refractivity contribution in [3.63, 3.8) is 0 Å². The second kappa shape index (κ2) is 5.33. The van der Waals surface area contributed by atoms with E-state index in [-0.39, 0.29) is 0 Å². The van der Waals surface area contributed by atoms with Gasteiger partial charge in [0.05, 0.1) is 0 Å². The molecule has 0 aliphatic heterocycles. The summed E-state index contributed by atoms with van der Waals surface area (Å²) >= 11 is 1.49. The molecule has 5 heteroatoms. The summed E-state index contributed by atoms with van der Waals surface area (Å²) in [6.45, 7) is 4.54. The Hall–Kier alpha value is -1.33. The van der Waals surface area contributed by atoms with E-state index in [2.05, 4.69) is 35.3 Å². The fourth-order valence-corrected chi connectivity index (χ4v) is 2.35. The molecule has 0 saturated carbocycles. The van der Waals surface area contributed by atoms with Crippen LogP contribution in [0.15, 0.2) is 32.7 Å². The van der Waals surface area contributed by atoms with Gasteiger partial charge in [0.25, 0.3) is 5.22 Å². The van der Waals surface area contributed by atoms with Gasteiger partial charge in [-0.15, -0.1) is 10.2 Å². The second-order valence-corrected chi connectivity index (χ2v) is 4.82. The first kappa shape index (κ1) is 12.1. The van der Waals surface area contributed by atoms with Crippen LogP contribution in [0.1, 0.15) is 17.0 Å². The number of nitrogens with zero attached hydrogens (tertiary/aromatic N) is 2. The molecule has 0 bridgehead atoms. The third-order valence-corrected chi connectivity index (χ3v) is 3.39. The van der Waals surface area contributed by atoms with Gasteiger partial charge in [-0.3, -0.25) is 0 Å². The number of hydrogen-bond donors (Lipinski definition) is 1. The largest absolute Gasteiger partial charge is 0.416 e. The summed E-state index contributed by atoms with van der Waals surface area (Å²) in [6.07, 6.45) is 0.908. The summed E-state index contributed by atoms with van der Waals surface area (Å²) in [6, 6.07) is 6.31. The quantitative estimate of drug-likeness (QED) is 0.901. The highest BCUT2D eigenvalue weighted by atomic mass is 32.2. The Kier molecular flexibility index (Phi) is 3.81. The average molecular weight is 249 g/mol. The minimum absolute atomic E-state index is 0.581. The van der Waals surface area contributed by atoms with Crippen molar-refractivity contribution in [3.05, 3.63) is 35.2 Å². The number of hydrogen-bond acceptors (Lipinski definition) is 5. The Labute approximate surface area is 105 Å². The van der Waals surface area contributed by atoms with E-state index in [4.69, 9.17) is 10.2 Å². The standard InChI is InChI=1S/C12H15N3OS/c1-8-7-10(5-6-13)3-4-11(8)17-12-15-14-9(2)16-12/h3-4,7H,5-6,13H2,1-2H3. The van der Waals surface area contributed by atoms with Crippen LogP contribution in [0.5, 0.6) is 0 Å². The maximum absolute atomic E-state index is 5.54. The van der Waals surface area contributed by atoms with Gasteiger partial charge in [-0.25, -0.2) is 0 Å². The topological polar surface area (TPSA) is 64.9 Å². The lowest BCUT2D eigenvalue weighted by Gasteiger charge is -2.05. The SMILES string of the molecule is Cc1nnc(Sc2ccc(CCN)cc2C)o1. The van der Waals surface area contributed by atoms with Crippen molar-refractivity contribution in [1.82, 2.24) is 10.2 Å².